The molecule has 1 N–H and O–H groups in total. The van der Waals surface area contributed by atoms with Gasteiger partial charge in [-0.1, -0.05) is 36.4 Å². The molecule has 5 rings (SSSR count). The zero-order chi connectivity index (χ0) is 21.4. The fourth-order valence-corrected chi connectivity index (χ4v) is 5.21. The fourth-order valence-electron chi connectivity index (χ4n) is 4.25. The molecule has 0 saturated carbocycles. The molecule has 2 aliphatic rings. The van der Waals surface area contributed by atoms with Crippen molar-refractivity contribution in [1.82, 2.24) is 9.88 Å². The minimum atomic E-state index is -0.258. The Kier molecular flexibility index (Phi) is 5.11. The Bertz CT molecular complexity index is 1160. The number of nitrogens with one attached hydrogen (secondary N) is 1. The number of benzene rings is 2. The minimum Gasteiger partial charge on any atom is -0.326 e. The molecule has 1 aliphatic carbocycles. The van der Waals surface area contributed by atoms with Crippen LogP contribution in [-0.2, 0) is 14.4 Å². The van der Waals surface area contributed by atoms with Crippen molar-refractivity contribution in [3.05, 3.63) is 60.7 Å². The third-order valence-electron chi connectivity index (χ3n) is 5.85. The van der Waals surface area contributed by atoms with Gasteiger partial charge in [-0.15, -0.1) is 11.3 Å². The second-order valence-corrected chi connectivity index (χ2v) is 8.88. The lowest BCUT2D eigenvalue weighted by Crippen LogP contribution is -2.34. The summed E-state index contributed by atoms with van der Waals surface area (Å²) in [5.41, 5.74) is 2.55. The van der Waals surface area contributed by atoms with Crippen LogP contribution in [0.1, 0.15) is 19.3 Å². The quantitative estimate of drug-likeness (QED) is 0.484. The van der Waals surface area contributed by atoms with Gasteiger partial charge in [0.05, 0.1) is 22.1 Å². The molecule has 1 fully saturated rings. The van der Waals surface area contributed by atoms with Crippen LogP contribution in [0, 0.1) is 11.8 Å². The molecule has 1 aliphatic heterocycles. The van der Waals surface area contributed by atoms with E-state index in [2.05, 4.69) is 10.3 Å². The van der Waals surface area contributed by atoms with Crippen molar-refractivity contribution < 1.29 is 14.4 Å². The molecule has 2 atom stereocenters. The molecule has 0 spiro atoms. The van der Waals surface area contributed by atoms with E-state index in [1.54, 1.807) is 11.3 Å². The molecule has 1 saturated heterocycles. The highest BCUT2D eigenvalue weighted by Crippen LogP contribution is 2.35. The van der Waals surface area contributed by atoms with Gasteiger partial charge in [0.25, 0.3) is 0 Å². The van der Waals surface area contributed by atoms with E-state index in [9.17, 15) is 14.4 Å². The van der Waals surface area contributed by atoms with Crippen LogP contribution in [0.25, 0.3) is 20.8 Å². The summed E-state index contributed by atoms with van der Waals surface area (Å²) in [7, 11) is 0. The third-order valence-corrected chi connectivity index (χ3v) is 6.93. The standard InChI is InChI=1S/C24H21N3O3S/c28-21(12-13-27-23(29)17-8-1-2-9-18(17)24(27)30)25-16-7-5-6-15(14-16)22-26-19-10-3-4-11-20(19)31-22/h1-7,10-11,14,17-18H,8-9,12-13H2,(H,25,28)/t17-,18-/m1/s1. The monoisotopic (exact) mass is 431 g/mol. The molecule has 2 aromatic carbocycles. The fraction of sp³-hybridized carbons (Fsp3) is 0.250. The average molecular weight is 432 g/mol. The maximum Gasteiger partial charge on any atom is 0.233 e. The highest BCUT2D eigenvalue weighted by molar-refractivity contribution is 7.21. The minimum absolute atomic E-state index is 0.0791. The Hall–Kier alpha value is -3.32. The Morgan fingerprint density at radius 2 is 1.77 bits per heavy atom. The van der Waals surface area contributed by atoms with E-state index in [1.165, 1.54) is 4.90 Å². The van der Waals surface area contributed by atoms with E-state index in [1.807, 2.05) is 60.7 Å². The predicted molar refractivity (Wildman–Crippen MR) is 120 cm³/mol. The molecule has 2 heterocycles. The van der Waals surface area contributed by atoms with Gasteiger partial charge >= 0.3 is 0 Å². The van der Waals surface area contributed by atoms with Crippen LogP contribution in [0.2, 0.25) is 0 Å². The van der Waals surface area contributed by atoms with Crippen LogP contribution in [-0.4, -0.2) is 34.2 Å². The number of para-hydroxylation sites is 1. The van der Waals surface area contributed by atoms with E-state index in [0.29, 0.717) is 18.5 Å². The molecule has 0 radical (unpaired) electrons. The normalized spacial score (nSPS) is 20.3. The topological polar surface area (TPSA) is 79.4 Å². The first-order valence-corrected chi connectivity index (χ1v) is 11.2. The summed E-state index contributed by atoms with van der Waals surface area (Å²) >= 11 is 1.60. The number of fused-ring (bicyclic) bond motifs is 2. The van der Waals surface area contributed by atoms with Gasteiger partial charge in [0, 0.05) is 24.2 Å². The second kappa shape index (κ2) is 8.07. The number of anilines is 1. The first kappa shape index (κ1) is 19.6. The van der Waals surface area contributed by atoms with E-state index in [4.69, 9.17) is 0 Å². The summed E-state index contributed by atoms with van der Waals surface area (Å²) in [5, 5.41) is 3.77. The lowest BCUT2D eigenvalue weighted by atomic mass is 9.85. The van der Waals surface area contributed by atoms with Crippen molar-refractivity contribution in [2.75, 3.05) is 11.9 Å². The van der Waals surface area contributed by atoms with E-state index in [-0.39, 0.29) is 42.5 Å². The maximum atomic E-state index is 12.5. The number of rotatable bonds is 5. The van der Waals surface area contributed by atoms with Crippen molar-refractivity contribution in [1.29, 1.82) is 0 Å². The van der Waals surface area contributed by atoms with Gasteiger partial charge in [0.1, 0.15) is 5.01 Å². The van der Waals surface area contributed by atoms with Gasteiger partial charge in [-0.3, -0.25) is 19.3 Å². The van der Waals surface area contributed by atoms with Crippen LogP contribution in [0.15, 0.2) is 60.7 Å². The zero-order valence-corrected chi connectivity index (χ0v) is 17.6. The first-order chi connectivity index (χ1) is 15.1. The van der Waals surface area contributed by atoms with Gasteiger partial charge < -0.3 is 5.32 Å². The third kappa shape index (κ3) is 3.77. The summed E-state index contributed by atoms with van der Waals surface area (Å²) in [6, 6.07) is 15.5. The van der Waals surface area contributed by atoms with Gasteiger partial charge in [0.15, 0.2) is 0 Å². The number of imide groups is 1. The van der Waals surface area contributed by atoms with Crippen molar-refractivity contribution >= 4 is 45.0 Å². The highest BCUT2D eigenvalue weighted by atomic mass is 32.1. The number of hydrogen-bond donors (Lipinski definition) is 1. The van der Waals surface area contributed by atoms with Crippen LogP contribution in [0.3, 0.4) is 0 Å². The molecular weight excluding hydrogens is 410 g/mol. The Labute approximate surface area is 183 Å². The van der Waals surface area contributed by atoms with Gasteiger partial charge in [-0.05, 0) is 37.1 Å². The molecule has 6 nitrogen and oxygen atoms in total. The van der Waals surface area contributed by atoms with Crippen LogP contribution < -0.4 is 5.32 Å². The summed E-state index contributed by atoms with van der Waals surface area (Å²) in [4.78, 5) is 43.5. The summed E-state index contributed by atoms with van der Waals surface area (Å²) in [5.74, 6) is -1.04. The van der Waals surface area contributed by atoms with Crippen molar-refractivity contribution in [2.24, 2.45) is 11.8 Å². The highest BCUT2D eigenvalue weighted by Gasteiger charge is 2.46. The number of carbonyl (C=O) groups excluding carboxylic acids is 3. The predicted octanol–water partition coefficient (Wildman–Crippen LogP) is 4.24. The number of nitrogens with zero attached hydrogens (tertiary/aromatic N) is 2. The van der Waals surface area contributed by atoms with Crippen LogP contribution in [0.4, 0.5) is 5.69 Å². The number of carbonyl (C=O) groups is 3. The molecule has 3 aromatic rings. The Balaban J connectivity index is 1.23. The number of amides is 3. The van der Waals surface area contributed by atoms with Gasteiger partial charge in [-0.25, -0.2) is 4.98 Å². The zero-order valence-electron chi connectivity index (χ0n) is 16.8. The van der Waals surface area contributed by atoms with Gasteiger partial charge in [0.2, 0.25) is 17.7 Å². The van der Waals surface area contributed by atoms with Crippen LogP contribution in [0.5, 0.6) is 0 Å². The van der Waals surface area contributed by atoms with E-state index < -0.39 is 0 Å². The molecular formula is C24H21N3O3S. The van der Waals surface area contributed by atoms with Crippen molar-refractivity contribution in [3.63, 3.8) is 0 Å². The lowest BCUT2D eigenvalue weighted by Gasteiger charge is -2.14. The van der Waals surface area contributed by atoms with Crippen LogP contribution >= 0.6 is 11.3 Å². The number of aromatic nitrogens is 1. The second-order valence-electron chi connectivity index (χ2n) is 7.85. The average Bonchev–Trinajstić information content (AvgIpc) is 3.33. The Morgan fingerprint density at radius 3 is 2.52 bits per heavy atom. The smallest absolute Gasteiger partial charge is 0.233 e. The van der Waals surface area contributed by atoms with Gasteiger partial charge in [-0.2, -0.15) is 0 Å². The number of allylic oxidation sites excluding steroid dienone is 2. The molecule has 1 aromatic heterocycles. The number of hydrogen-bond acceptors (Lipinski definition) is 5. The first-order valence-electron chi connectivity index (χ1n) is 10.4. The lowest BCUT2D eigenvalue weighted by molar-refractivity contribution is -0.140. The molecule has 156 valence electrons. The van der Waals surface area contributed by atoms with E-state index >= 15 is 0 Å². The van der Waals surface area contributed by atoms with Crippen molar-refractivity contribution in [3.8, 4) is 10.6 Å². The molecule has 0 unspecified atom stereocenters. The number of thiazole rings is 1. The number of likely N-dealkylation sites (tertiary alicyclic amines) is 1. The molecule has 3 amide bonds. The Morgan fingerprint density at radius 1 is 1.03 bits per heavy atom. The molecule has 31 heavy (non-hydrogen) atoms. The van der Waals surface area contributed by atoms with Crippen molar-refractivity contribution in [2.45, 2.75) is 19.3 Å². The van der Waals surface area contributed by atoms with E-state index in [0.717, 1.165) is 20.8 Å². The molecule has 0 bridgehead atoms. The maximum absolute atomic E-state index is 12.5. The molecule has 7 heteroatoms. The summed E-state index contributed by atoms with van der Waals surface area (Å²) < 4.78 is 1.11. The summed E-state index contributed by atoms with van der Waals surface area (Å²) in [6.45, 7) is 0.119. The largest absolute Gasteiger partial charge is 0.326 e. The summed E-state index contributed by atoms with van der Waals surface area (Å²) in [6.07, 6.45) is 5.21. The SMILES string of the molecule is O=C(CCN1C(=O)[C@@H]2CC=CC[C@H]2C1=O)Nc1cccc(-c2nc3ccccc3s2)c1.